The van der Waals surface area contributed by atoms with Crippen molar-refractivity contribution in [1.82, 2.24) is 4.90 Å². The van der Waals surface area contributed by atoms with Gasteiger partial charge in [-0.3, -0.25) is 14.9 Å². The van der Waals surface area contributed by atoms with Crippen LogP contribution in [0.5, 0.6) is 11.5 Å². The average molecular weight is 423 g/mol. The Labute approximate surface area is 171 Å². The molecule has 154 valence electrons. The minimum Gasteiger partial charge on any atom is -0.492 e. The van der Waals surface area contributed by atoms with Gasteiger partial charge in [-0.1, -0.05) is 11.6 Å². The first-order chi connectivity index (χ1) is 13.8. The Bertz CT molecular complexity index is 887. The van der Waals surface area contributed by atoms with E-state index < -0.39 is 29.1 Å². The monoisotopic (exact) mass is 422 g/mol. The molecule has 29 heavy (non-hydrogen) atoms. The Hall–Kier alpha value is -3.33. The van der Waals surface area contributed by atoms with E-state index in [0.717, 1.165) is 6.07 Å². The third kappa shape index (κ3) is 6.35. The molecule has 0 aliphatic carbocycles. The van der Waals surface area contributed by atoms with Gasteiger partial charge in [0.25, 0.3) is 5.91 Å². The van der Waals surface area contributed by atoms with Gasteiger partial charge in [-0.05, 0) is 36.4 Å². The number of rotatable bonds is 9. The number of carbonyl (C=O) groups excluding carboxylic acids is 2. The van der Waals surface area contributed by atoms with Gasteiger partial charge < -0.3 is 19.1 Å². The van der Waals surface area contributed by atoms with E-state index in [1.54, 1.807) is 31.3 Å². The number of hydrogen-bond donors (Lipinski definition) is 0. The molecule has 0 bridgehead atoms. The van der Waals surface area contributed by atoms with Crippen LogP contribution in [0.25, 0.3) is 0 Å². The van der Waals surface area contributed by atoms with Crippen LogP contribution >= 0.6 is 11.6 Å². The molecule has 0 saturated heterocycles. The Morgan fingerprint density at radius 1 is 1.14 bits per heavy atom. The van der Waals surface area contributed by atoms with Gasteiger partial charge in [0.1, 0.15) is 12.4 Å². The number of hydrogen-bond acceptors (Lipinski definition) is 7. The predicted molar refractivity (Wildman–Crippen MR) is 105 cm³/mol. The molecule has 1 amide bonds. The lowest BCUT2D eigenvalue weighted by molar-refractivity contribution is -0.385. The van der Waals surface area contributed by atoms with E-state index >= 15 is 0 Å². The molecule has 2 aromatic carbocycles. The highest BCUT2D eigenvalue weighted by atomic mass is 35.5. The average Bonchev–Trinajstić information content (AvgIpc) is 2.72. The van der Waals surface area contributed by atoms with Gasteiger partial charge in [0.2, 0.25) is 0 Å². The number of nitrogens with zero attached hydrogens (tertiary/aromatic N) is 2. The van der Waals surface area contributed by atoms with Gasteiger partial charge in [-0.25, -0.2) is 4.79 Å². The summed E-state index contributed by atoms with van der Waals surface area (Å²) in [6, 6.07) is 10.4. The van der Waals surface area contributed by atoms with E-state index in [2.05, 4.69) is 4.74 Å². The zero-order valence-electron chi connectivity index (χ0n) is 15.8. The number of likely N-dealkylation sites (N-methyl/N-ethyl adjacent to an activating group) is 1. The fourth-order valence-electron chi connectivity index (χ4n) is 2.23. The Morgan fingerprint density at radius 3 is 2.45 bits per heavy atom. The number of ether oxygens (including phenoxy) is 3. The maximum Gasteiger partial charge on any atom is 0.338 e. The molecule has 0 saturated carbocycles. The molecular weight excluding hydrogens is 404 g/mol. The van der Waals surface area contributed by atoms with Crippen LogP contribution in [0.4, 0.5) is 5.69 Å². The number of nitro benzene ring substituents is 1. The molecule has 0 aliphatic rings. The number of amides is 1. The van der Waals surface area contributed by atoms with Crippen molar-refractivity contribution in [2.45, 2.75) is 0 Å². The zero-order valence-corrected chi connectivity index (χ0v) is 16.5. The molecule has 2 aromatic rings. The van der Waals surface area contributed by atoms with E-state index in [9.17, 15) is 19.7 Å². The van der Waals surface area contributed by atoms with Crippen molar-refractivity contribution in [3.8, 4) is 11.5 Å². The molecule has 0 unspecified atom stereocenters. The van der Waals surface area contributed by atoms with Gasteiger partial charge in [0.05, 0.1) is 24.1 Å². The van der Waals surface area contributed by atoms with Crippen molar-refractivity contribution in [2.24, 2.45) is 0 Å². The maximum absolute atomic E-state index is 12.2. The summed E-state index contributed by atoms with van der Waals surface area (Å²) in [6.45, 7) is 0.127. The minimum absolute atomic E-state index is 0.00865. The van der Waals surface area contributed by atoms with E-state index in [4.69, 9.17) is 21.1 Å². The van der Waals surface area contributed by atoms with Crippen molar-refractivity contribution in [3.63, 3.8) is 0 Å². The standard InChI is InChI=1S/C19H19ClN2O7/c1-21(9-10-28-15-6-4-14(20)5-7-15)18(23)12-29-17-8-3-13(19(24)27-2)11-16(17)22(25)26/h3-8,11H,9-10,12H2,1-2H3. The van der Waals surface area contributed by atoms with Gasteiger partial charge in [-0.2, -0.15) is 0 Å². The highest BCUT2D eigenvalue weighted by Crippen LogP contribution is 2.28. The third-order valence-corrected chi connectivity index (χ3v) is 4.11. The van der Waals surface area contributed by atoms with Gasteiger partial charge in [-0.15, -0.1) is 0 Å². The molecule has 0 spiro atoms. The lowest BCUT2D eigenvalue weighted by atomic mass is 10.2. The van der Waals surface area contributed by atoms with Crippen LogP contribution in [0.1, 0.15) is 10.4 Å². The molecule has 0 aliphatic heterocycles. The molecule has 0 fully saturated rings. The molecule has 0 radical (unpaired) electrons. The first-order valence-electron chi connectivity index (χ1n) is 8.43. The minimum atomic E-state index is -0.712. The molecule has 2 rings (SSSR count). The van der Waals surface area contributed by atoms with Crippen LogP contribution in [0, 0.1) is 10.1 Å². The quantitative estimate of drug-likeness (QED) is 0.347. The van der Waals surface area contributed by atoms with Gasteiger partial charge in [0, 0.05) is 18.1 Å². The summed E-state index contributed by atoms with van der Waals surface area (Å²) in [5, 5.41) is 11.8. The number of methoxy groups -OCH3 is 1. The normalized spacial score (nSPS) is 10.2. The number of esters is 1. The lowest BCUT2D eigenvalue weighted by Crippen LogP contribution is -2.34. The van der Waals surface area contributed by atoms with E-state index in [0.29, 0.717) is 10.8 Å². The summed E-state index contributed by atoms with van der Waals surface area (Å²) >= 11 is 5.80. The fourth-order valence-corrected chi connectivity index (χ4v) is 2.36. The number of benzene rings is 2. The van der Waals surface area contributed by atoms with E-state index in [-0.39, 0.29) is 24.5 Å². The van der Waals surface area contributed by atoms with Crippen molar-refractivity contribution < 1.29 is 28.7 Å². The lowest BCUT2D eigenvalue weighted by Gasteiger charge is -2.18. The number of carbonyl (C=O) groups is 2. The van der Waals surface area contributed by atoms with Crippen LogP contribution in [-0.2, 0) is 9.53 Å². The second kappa shape index (κ2) is 10.3. The largest absolute Gasteiger partial charge is 0.492 e. The third-order valence-electron chi connectivity index (χ3n) is 3.86. The Morgan fingerprint density at radius 2 is 1.83 bits per heavy atom. The SMILES string of the molecule is COC(=O)c1ccc(OCC(=O)N(C)CCOc2ccc(Cl)cc2)c([N+](=O)[O-])c1. The molecule has 0 heterocycles. The highest BCUT2D eigenvalue weighted by Gasteiger charge is 2.20. The smallest absolute Gasteiger partial charge is 0.338 e. The summed E-state index contributed by atoms with van der Waals surface area (Å²) in [5.41, 5.74) is -0.427. The Balaban J connectivity index is 1.89. The van der Waals surface area contributed by atoms with E-state index in [1.807, 2.05) is 0 Å². The summed E-state index contributed by atoms with van der Waals surface area (Å²) in [6.07, 6.45) is 0. The summed E-state index contributed by atoms with van der Waals surface area (Å²) < 4.78 is 15.3. The van der Waals surface area contributed by atoms with Crippen LogP contribution in [-0.4, -0.2) is 55.6 Å². The fraction of sp³-hybridized carbons (Fsp3) is 0.263. The van der Waals surface area contributed by atoms with Crippen LogP contribution < -0.4 is 9.47 Å². The number of nitro groups is 1. The summed E-state index contributed by atoms with van der Waals surface area (Å²) in [4.78, 5) is 35.6. The van der Waals surface area contributed by atoms with E-state index in [1.165, 1.54) is 24.1 Å². The molecule has 0 N–H and O–H groups in total. The molecule has 10 heteroatoms. The Kier molecular flexibility index (Phi) is 7.79. The summed E-state index contributed by atoms with van der Waals surface area (Å²) in [7, 11) is 2.73. The van der Waals surface area contributed by atoms with Crippen molar-refractivity contribution in [3.05, 3.63) is 63.2 Å². The molecule has 0 aromatic heterocycles. The van der Waals surface area contributed by atoms with Gasteiger partial charge in [0.15, 0.2) is 12.4 Å². The van der Waals surface area contributed by atoms with Gasteiger partial charge >= 0.3 is 11.7 Å². The molecular formula is C19H19ClN2O7. The van der Waals surface area contributed by atoms with Crippen molar-refractivity contribution in [1.29, 1.82) is 0 Å². The predicted octanol–water partition coefficient (Wildman–Crippen LogP) is 2.95. The maximum atomic E-state index is 12.2. The van der Waals surface area contributed by atoms with Crippen molar-refractivity contribution in [2.75, 3.05) is 33.9 Å². The highest BCUT2D eigenvalue weighted by molar-refractivity contribution is 6.30. The number of halogens is 1. The van der Waals surface area contributed by atoms with Crippen molar-refractivity contribution >= 4 is 29.2 Å². The molecule has 0 atom stereocenters. The second-order valence-electron chi connectivity index (χ2n) is 5.84. The first-order valence-corrected chi connectivity index (χ1v) is 8.81. The zero-order chi connectivity index (χ0) is 21.4. The molecule has 9 nitrogen and oxygen atoms in total. The summed E-state index contributed by atoms with van der Waals surface area (Å²) in [5.74, 6) is -0.609. The van der Waals surface area contributed by atoms with Crippen LogP contribution in [0.2, 0.25) is 5.02 Å². The van der Waals surface area contributed by atoms with Crippen LogP contribution in [0.15, 0.2) is 42.5 Å². The first kappa shape index (κ1) is 22.0. The van der Waals surface area contributed by atoms with Crippen LogP contribution in [0.3, 0.4) is 0 Å². The topological polar surface area (TPSA) is 108 Å². The second-order valence-corrected chi connectivity index (χ2v) is 6.27.